The van der Waals surface area contributed by atoms with Crippen LogP contribution >= 0.6 is 35.7 Å². The van der Waals surface area contributed by atoms with Gasteiger partial charge >= 0.3 is 0 Å². The third kappa shape index (κ3) is 10.5. The van der Waals surface area contributed by atoms with E-state index in [0.717, 1.165) is 44.4 Å². The quantitative estimate of drug-likeness (QED) is 0.214. The fourth-order valence-electron chi connectivity index (χ4n) is 2.37. The van der Waals surface area contributed by atoms with E-state index >= 15 is 0 Å². The van der Waals surface area contributed by atoms with Crippen molar-refractivity contribution in [1.82, 2.24) is 15.1 Å². The van der Waals surface area contributed by atoms with Gasteiger partial charge in [-0.2, -0.15) is 11.8 Å². The van der Waals surface area contributed by atoms with Gasteiger partial charge in [0.05, 0.1) is 19.8 Å². The van der Waals surface area contributed by atoms with Crippen LogP contribution < -0.4 is 5.32 Å². The highest BCUT2D eigenvalue weighted by Crippen LogP contribution is 2.16. The molecule has 1 fully saturated rings. The number of ether oxygens (including phenoxy) is 2. The summed E-state index contributed by atoms with van der Waals surface area (Å²) in [6, 6.07) is 0. The first kappa shape index (κ1) is 24.7. The Bertz CT molecular complexity index is 400. The van der Waals surface area contributed by atoms with Crippen molar-refractivity contribution in [1.29, 1.82) is 0 Å². The fourth-order valence-corrected chi connectivity index (χ4v) is 2.68. The van der Waals surface area contributed by atoms with Crippen LogP contribution in [0.4, 0.5) is 0 Å². The fraction of sp³-hybridized carbons (Fsp3) is 0.875. The Balaban J connectivity index is 0.00000576. The molecule has 0 aromatic heterocycles. The van der Waals surface area contributed by atoms with E-state index in [-0.39, 0.29) is 36.4 Å². The predicted octanol–water partition coefficient (Wildman–Crippen LogP) is 0.986. The number of rotatable bonds is 10. The Morgan fingerprint density at radius 1 is 1.40 bits per heavy atom. The number of aliphatic imine (C=N–C) groups is 1. The zero-order valence-corrected chi connectivity index (χ0v) is 19.0. The number of hydrogen-bond donors (Lipinski definition) is 1. The topological polar surface area (TPSA) is 66.4 Å². The summed E-state index contributed by atoms with van der Waals surface area (Å²) in [5.74, 6) is 2.35. The highest BCUT2D eigenvalue weighted by atomic mass is 127. The van der Waals surface area contributed by atoms with Crippen LogP contribution in [0.25, 0.3) is 0 Å². The van der Waals surface area contributed by atoms with E-state index in [0.29, 0.717) is 19.1 Å². The summed E-state index contributed by atoms with van der Waals surface area (Å²) in [6.45, 7) is 4.90. The van der Waals surface area contributed by atoms with E-state index in [1.54, 1.807) is 37.9 Å². The number of hydrogen-bond acceptors (Lipinski definition) is 5. The molecule has 0 saturated carbocycles. The van der Waals surface area contributed by atoms with Gasteiger partial charge < -0.3 is 24.6 Å². The van der Waals surface area contributed by atoms with Gasteiger partial charge in [0.2, 0.25) is 5.91 Å². The number of nitrogens with one attached hydrogen (secondary N) is 1. The maximum atomic E-state index is 11.8. The van der Waals surface area contributed by atoms with Crippen LogP contribution in [-0.2, 0) is 14.3 Å². The monoisotopic (exact) mass is 488 g/mol. The number of guanidine groups is 1. The van der Waals surface area contributed by atoms with Gasteiger partial charge in [-0.3, -0.25) is 4.79 Å². The Morgan fingerprint density at radius 3 is 2.80 bits per heavy atom. The Labute approximate surface area is 173 Å². The number of halogens is 1. The van der Waals surface area contributed by atoms with Crippen molar-refractivity contribution in [3.05, 3.63) is 0 Å². The number of nitrogens with zero attached hydrogens (tertiary/aromatic N) is 3. The van der Waals surface area contributed by atoms with Gasteiger partial charge in [0.1, 0.15) is 6.54 Å². The number of methoxy groups -OCH3 is 1. The molecule has 0 radical (unpaired) electrons. The van der Waals surface area contributed by atoms with E-state index < -0.39 is 0 Å². The molecule has 1 atom stereocenters. The van der Waals surface area contributed by atoms with Gasteiger partial charge in [-0.25, -0.2) is 4.99 Å². The molecule has 1 N–H and O–H groups in total. The molecular weight excluding hydrogens is 455 g/mol. The van der Waals surface area contributed by atoms with Gasteiger partial charge in [-0.15, -0.1) is 24.0 Å². The van der Waals surface area contributed by atoms with Gasteiger partial charge in [-0.05, 0) is 12.7 Å². The molecule has 1 unspecified atom stereocenters. The minimum absolute atomic E-state index is 0. The molecule has 1 rings (SSSR count). The van der Waals surface area contributed by atoms with Crippen LogP contribution in [0.1, 0.15) is 6.42 Å². The molecule has 9 heteroatoms. The number of likely N-dealkylation sites (tertiary alicyclic amines) is 1. The first-order valence-electron chi connectivity index (χ1n) is 8.37. The van der Waals surface area contributed by atoms with Gasteiger partial charge in [0, 0.05) is 52.5 Å². The average Bonchev–Trinajstić information content (AvgIpc) is 3.03. The summed E-state index contributed by atoms with van der Waals surface area (Å²) in [6.07, 6.45) is 3.16. The zero-order chi connectivity index (χ0) is 17.8. The lowest BCUT2D eigenvalue weighted by molar-refractivity contribution is -0.127. The number of likely N-dealkylation sites (N-methyl/N-ethyl adjacent to an activating group) is 1. The standard InChI is InChI=1S/C16H32N4O3S.HI/c1-19(2)15(21)11-18-16(17-6-10-24-4)20-7-5-14(12-20)13-23-9-8-22-3;/h14H,5-13H2,1-4H3,(H,17,18);1H. The van der Waals surface area contributed by atoms with E-state index in [1.165, 1.54) is 0 Å². The molecule has 1 aliphatic heterocycles. The van der Waals surface area contributed by atoms with Crippen molar-refractivity contribution in [2.24, 2.45) is 10.9 Å². The van der Waals surface area contributed by atoms with Crippen LogP contribution in [0.5, 0.6) is 0 Å². The molecule has 0 bridgehead atoms. The lowest BCUT2D eigenvalue weighted by Crippen LogP contribution is -2.42. The highest BCUT2D eigenvalue weighted by Gasteiger charge is 2.25. The third-order valence-corrected chi connectivity index (χ3v) is 4.44. The molecule has 148 valence electrons. The van der Waals surface area contributed by atoms with E-state index in [9.17, 15) is 4.79 Å². The Hall–Kier alpha value is -0.260. The second-order valence-corrected chi connectivity index (χ2v) is 7.00. The largest absolute Gasteiger partial charge is 0.382 e. The maximum absolute atomic E-state index is 11.8. The maximum Gasteiger partial charge on any atom is 0.243 e. The van der Waals surface area contributed by atoms with Crippen molar-refractivity contribution in [2.45, 2.75) is 6.42 Å². The number of amides is 1. The average molecular weight is 488 g/mol. The molecule has 1 heterocycles. The molecule has 7 nitrogen and oxygen atoms in total. The molecule has 25 heavy (non-hydrogen) atoms. The minimum atomic E-state index is 0. The van der Waals surface area contributed by atoms with Crippen molar-refractivity contribution in [3.63, 3.8) is 0 Å². The molecular formula is C16H33IN4O3S. The van der Waals surface area contributed by atoms with Crippen LogP contribution in [0.3, 0.4) is 0 Å². The SMILES string of the molecule is COCCOCC1CCN(C(=NCC(=O)N(C)C)NCCSC)C1.I. The Kier molecular flexibility index (Phi) is 14.7. The lowest BCUT2D eigenvalue weighted by atomic mass is 10.1. The molecule has 1 saturated heterocycles. The molecule has 1 aliphatic rings. The molecule has 0 aromatic carbocycles. The van der Waals surface area contributed by atoms with E-state index in [2.05, 4.69) is 21.5 Å². The van der Waals surface area contributed by atoms with Crippen molar-refractivity contribution >= 4 is 47.6 Å². The van der Waals surface area contributed by atoms with Gasteiger partial charge in [-0.1, -0.05) is 0 Å². The summed E-state index contributed by atoms with van der Waals surface area (Å²) in [5.41, 5.74) is 0. The van der Waals surface area contributed by atoms with Crippen LogP contribution in [-0.4, -0.2) is 101 Å². The third-order valence-electron chi connectivity index (χ3n) is 3.82. The highest BCUT2D eigenvalue weighted by molar-refractivity contribution is 14.0. The smallest absolute Gasteiger partial charge is 0.243 e. The summed E-state index contributed by atoms with van der Waals surface area (Å²) in [7, 11) is 5.18. The van der Waals surface area contributed by atoms with Gasteiger partial charge in [0.15, 0.2) is 5.96 Å². The Morgan fingerprint density at radius 2 is 2.16 bits per heavy atom. The second kappa shape index (κ2) is 14.9. The van der Waals surface area contributed by atoms with E-state index in [4.69, 9.17) is 9.47 Å². The first-order chi connectivity index (χ1) is 11.6. The summed E-state index contributed by atoms with van der Waals surface area (Å²) in [4.78, 5) is 20.1. The number of carbonyl (C=O) groups excluding carboxylic acids is 1. The second-order valence-electron chi connectivity index (χ2n) is 6.02. The lowest BCUT2D eigenvalue weighted by Gasteiger charge is -2.22. The van der Waals surface area contributed by atoms with Gasteiger partial charge in [0.25, 0.3) is 0 Å². The minimum Gasteiger partial charge on any atom is -0.382 e. The molecule has 0 aliphatic carbocycles. The van der Waals surface area contributed by atoms with Crippen LogP contribution in [0.15, 0.2) is 4.99 Å². The summed E-state index contributed by atoms with van der Waals surface area (Å²) < 4.78 is 10.6. The summed E-state index contributed by atoms with van der Waals surface area (Å²) >= 11 is 1.79. The van der Waals surface area contributed by atoms with Crippen LogP contribution in [0, 0.1) is 5.92 Å². The van der Waals surface area contributed by atoms with Crippen molar-refractivity contribution in [3.8, 4) is 0 Å². The molecule has 1 amide bonds. The van der Waals surface area contributed by atoms with E-state index in [1.807, 2.05) is 0 Å². The number of thioether (sulfide) groups is 1. The van der Waals surface area contributed by atoms with Crippen molar-refractivity contribution in [2.75, 3.05) is 79.2 Å². The predicted molar refractivity (Wildman–Crippen MR) is 115 cm³/mol. The van der Waals surface area contributed by atoms with Crippen molar-refractivity contribution < 1.29 is 14.3 Å². The summed E-state index contributed by atoms with van der Waals surface area (Å²) in [5, 5.41) is 3.38. The zero-order valence-electron chi connectivity index (χ0n) is 15.8. The first-order valence-corrected chi connectivity index (χ1v) is 9.76. The van der Waals surface area contributed by atoms with Crippen LogP contribution in [0.2, 0.25) is 0 Å². The molecule has 0 aromatic rings. The molecule has 0 spiro atoms. The number of carbonyl (C=O) groups is 1. The normalized spacial score (nSPS) is 17.4.